The maximum atomic E-state index is 12.3. The summed E-state index contributed by atoms with van der Waals surface area (Å²) < 4.78 is 6.83. The van der Waals surface area contributed by atoms with Crippen molar-refractivity contribution >= 4 is 5.82 Å². The maximum Gasteiger partial charge on any atom is 0.293 e. The standard InChI is InChI=1S/C16H28N4O2/c1-4-19-11-8-17-15(16(19)21)20-9-5-14(6-10-20)18-13(2)7-12-22-3/h8,11,13-14,18H,4-7,9-10,12H2,1-3H3. The van der Waals surface area contributed by atoms with Crippen molar-refractivity contribution in [1.82, 2.24) is 14.9 Å². The molecule has 1 saturated heterocycles. The van der Waals surface area contributed by atoms with E-state index < -0.39 is 0 Å². The zero-order chi connectivity index (χ0) is 15.9. The van der Waals surface area contributed by atoms with Gasteiger partial charge in [-0.1, -0.05) is 0 Å². The molecule has 1 atom stereocenters. The van der Waals surface area contributed by atoms with E-state index in [2.05, 4.69) is 22.1 Å². The lowest BCUT2D eigenvalue weighted by Gasteiger charge is -2.34. The summed E-state index contributed by atoms with van der Waals surface area (Å²) in [5.74, 6) is 0.593. The van der Waals surface area contributed by atoms with Crippen molar-refractivity contribution in [3.8, 4) is 0 Å². The van der Waals surface area contributed by atoms with E-state index in [1.54, 1.807) is 24.1 Å². The van der Waals surface area contributed by atoms with Crippen molar-refractivity contribution in [2.24, 2.45) is 0 Å². The number of ether oxygens (including phenoxy) is 1. The molecule has 1 fully saturated rings. The molecular formula is C16H28N4O2. The van der Waals surface area contributed by atoms with Crippen LogP contribution in [0.25, 0.3) is 0 Å². The van der Waals surface area contributed by atoms with Crippen LogP contribution in [0.15, 0.2) is 17.2 Å². The van der Waals surface area contributed by atoms with Crippen LogP contribution in [-0.2, 0) is 11.3 Å². The zero-order valence-corrected chi connectivity index (χ0v) is 13.9. The highest BCUT2D eigenvalue weighted by Crippen LogP contribution is 2.15. The van der Waals surface area contributed by atoms with Crippen LogP contribution < -0.4 is 15.8 Å². The van der Waals surface area contributed by atoms with Crippen molar-refractivity contribution in [3.63, 3.8) is 0 Å². The van der Waals surface area contributed by atoms with Gasteiger partial charge < -0.3 is 19.5 Å². The molecule has 1 aromatic rings. The number of anilines is 1. The normalized spacial score (nSPS) is 17.7. The molecule has 0 spiro atoms. The molecule has 0 amide bonds. The number of methoxy groups -OCH3 is 1. The number of hydrogen-bond donors (Lipinski definition) is 1. The topological polar surface area (TPSA) is 59.4 Å². The first-order chi connectivity index (χ1) is 10.7. The van der Waals surface area contributed by atoms with Crippen LogP contribution in [-0.4, -0.2) is 48.4 Å². The first-order valence-electron chi connectivity index (χ1n) is 8.21. The number of piperidine rings is 1. The lowest BCUT2D eigenvalue weighted by molar-refractivity contribution is 0.181. The van der Waals surface area contributed by atoms with Gasteiger partial charge in [-0.05, 0) is 33.1 Å². The first kappa shape index (κ1) is 17.0. The summed E-state index contributed by atoms with van der Waals surface area (Å²) in [4.78, 5) is 18.7. The molecule has 2 heterocycles. The van der Waals surface area contributed by atoms with Gasteiger partial charge in [0.25, 0.3) is 5.56 Å². The van der Waals surface area contributed by atoms with Gasteiger partial charge >= 0.3 is 0 Å². The van der Waals surface area contributed by atoms with Gasteiger partial charge in [-0.2, -0.15) is 0 Å². The van der Waals surface area contributed by atoms with Crippen molar-refractivity contribution < 1.29 is 4.74 Å². The number of nitrogens with one attached hydrogen (secondary N) is 1. The fourth-order valence-corrected chi connectivity index (χ4v) is 2.94. The fourth-order valence-electron chi connectivity index (χ4n) is 2.94. The Morgan fingerprint density at radius 3 is 2.82 bits per heavy atom. The van der Waals surface area contributed by atoms with Gasteiger partial charge in [0.2, 0.25) is 0 Å². The number of aryl methyl sites for hydroxylation is 1. The Balaban J connectivity index is 1.88. The van der Waals surface area contributed by atoms with Gasteiger partial charge in [-0.15, -0.1) is 0 Å². The molecule has 0 radical (unpaired) electrons. The van der Waals surface area contributed by atoms with Gasteiger partial charge in [0.15, 0.2) is 5.82 Å². The fraction of sp³-hybridized carbons (Fsp3) is 0.750. The molecule has 6 nitrogen and oxygen atoms in total. The van der Waals surface area contributed by atoms with Crippen molar-refractivity contribution in [2.75, 3.05) is 31.7 Å². The second-order valence-electron chi connectivity index (χ2n) is 5.95. The first-order valence-corrected chi connectivity index (χ1v) is 8.21. The number of nitrogens with zero attached hydrogens (tertiary/aromatic N) is 3. The average molecular weight is 308 g/mol. The van der Waals surface area contributed by atoms with E-state index in [1.165, 1.54) is 0 Å². The van der Waals surface area contributed by atoms with Crippen LogP contribution in [0, 0.1) is 0 Å². The molecule has 0 aliphatic carbocycles. The highest BCUT2D eigenvalue weighted by molar-refractivity contribution is 5.36. The lowest BCUT2D eigenvalue weighted by atomic mass is 10.0. The number of aromatic nitrogens is 2. The second-order valence-corrected chi connectivity index (χ2v) is 5.95. The van der Waals surface area contributed by atoms with Gasteiger partial charge in [-0.25, -0.2) is 4.98 Å². The average Bonchev–Trinajstić information content (AvgIpc) is 2.54. The number of rotatable bonds is 7. The van der Waals surface area contributed by atoms with Crippen LogP contribution in [0.1, 0.15) is 33.1 Å². The molecule has 2 rings (SSSR count). The summed E-state index contributed by atoms with van der Waals surface area (Å²) in [7, 11) is 1.74. The Morgan fingerprint density at radius 2 is 2.18 bits per heavy atom. The van der Waals surface area contributed by atoms with E-state index >= 15 is 0 Å². The highest BCUT2D eigenvalue weighted by atomic mass is 16.5. The van der Waals surface area contributed by atoms with Gasteiger partial charge in [0.1, 0.15) is 0 Å². The Kier molecular flexibility index (Phi) is 6.39. The summed E-state index contributed by atoms with van der Waals surface area (Å²) >= 11 is 0. The van der Waals surface area contributed by atoms with E-state index in [0.717, 1.165) is 39.0 Å². The molecule has 124 valence electrons. The minimum absolute atomic E-state index is 0.0184. The predicted molar refractivity (Wildman–Crippen MR) is 88.5 cm³/mol. The third kappa shape index (κ3) is 4.30. The third-order valence-electron chi connectivity index (χ3n) is 4.31. The van der Waals surface area contributed by atoms with E-state index in [1.807, 2.05) is 6.92 Å². The quantitative estimate of drug-likeness (QED) is 0.821. The van der Waals surface area contributed by atoms with Crippen LogP contribution in [0.3, 0.4) is 0 Å². The zero-order valence-electron chi connectivity index (χ0n) is 13.9. The maximum absolute atomic E-state index is 12.3. The largest absolute Gasteiger partial charge is 0.385 e. The second kappa shape index (κ2) is 8.29. The molecule has 6 heteroatoms. The van der Waals surface area contributed by atoms with Crippen molar-refractivity contribution in [3.05, 3.63) is 22.7 Å². The Bertz CT molecular complexity index is 509. The summed E-state index contributed by atoms with van der Waals surface area (Å²) in [5, 5.41) is 3.65. The minimum atomic E-state index is 0.0184. The van der Waals surface area contributed by atoms with Crippen LogP contribution in [0.4, 0.5) is 5.82 Å². The summed E-state index contributed by atoms with van der Waals surface area (Å²) in [5.41, 5.74) is 0.0184. The minimum Gasteiger partial charge on any atom is -0.385 e. The van der Waals surface area contributed by atoms with Crippen LogP contribution >= 0.6 is 0 Å². The van der Waals surface area contributed by atoms with Gasteiger partial charge in [-0.3, -0.25) is 4.79 Å². The Labute approximate surface area is 132 Å². The summed E-state index contributed by atoms with van der Waals surface area (Å²) in [6, 6.07) is 0.976. The number of hydrogen-bond acceptors (Lipinski definition) is 5. The summed E-state index contributed by atoms with van der Waals surface area (Å²) in [6.45, 7) is 7.41. The van der Waals surface area contributed by atoms with E-state index in [-0.39, 0.29) is 5.56 Å². The molecule has 22 heavy (non-hydrogen) atoms. The summed E-state index contributed by atoms with van der Waals surface area (Å²) in [6.07, 6.45) is 6.58. The van der Waals surface area contributed by atoms with E-state index in [0.29, 0.717) is 24.4 Å². The van der Waals surface area contributed by atoms with Gasteiger partial charge in [0.05, 0.1) is 0 Å². The highest BCUT2D eigenvalue weighted by Gasteiger charge is 2.23. The third-order valence-corrected chi connectivity index (χ3v) is 4.31. The van der Waals surface area contributed by atoms with Crippen LogP contribution in [0.5, 0.6) is 0 Å². The van der Waals surface area contributed by atoms with E-state index in [4.69, 9.17) is 4.74 Å². The predicted octanol–water partition coefficient (Wildman–Crippen LogP) is 1.25. The van der Waals surface area contributed by atoms with Crippen LogP contribution in [0.2, 0.25) is 0 Å². The molecule has 1 aliphatic rings. The van der Waals surface area contributed by atoms with E-state index in [9.17, 15) is 4.79 Å². The van der Waals surface area contributed by atoms with Gasteiger partial charge in [0, 0.05) is 57.8 Å². The molecule has 1 N–H and O–H groups in total. The molecule has 1 aromatic heterocycles. The van der Waals surface area contributed by atoms with Crippen molar-refractivity contribution in [1.29, 1.82) is 0 Å². The molecule has 1 aliphatic heterocycles. The Morgan fingerprint density at radius 1 is 1.45 bits per heavy atom. The van der Waals surface area contributed by atoms with Crippen molar-refractivity contribution in [2.45, 2.75) is 51.7 Å². The molecular weight excluding hydrogens is 280 g/mol. The molecule has 1 unspecified atom stereocenters. The lowest BCUT2D eigenvalue weighted by Crippen LogP contribution is -2.47. The molecule has 0 saturated carbocycles. The molecule has 0 bridgehead atoms. The monoisotopic (exact) mass is 308 g/mol. The SMILES string of the molecule is CCn1ccnc(N2CCC(NC(C)CCOC)CC2)c1=O. The smallest absolute Gasteiger partial charge is 0.293 e. The molecule has 0 aromatic carbocycles. The Hall–Kier alpha value is -1.40.